The largest absolute Gasteiger partial charge is 0.511 e. The highest BCUT2D eigenvalue weighted by molar-refractivity contribution is 7.89. The predicted octanol–water partition coefficient (Wildman–Crippen LogP) is 1.59. The van der Waals surface area contributed by atoms with Crippen molar-refractivity contribution in [3.8, 4) is 0 Å². The topological polar surface area (TPSA) is 74.7 Å². The van der Waals surface area contributed by atoms with E-state index in [-0.39, 0.29) is 24.1 Å². The number of halogens is 3. The highest BCUT2D eigenvalue weighted by Gasteiger charge is 2.50. The molecule has 1 aromatic rings. The Morgan fingerprint density at radius 1 is 1.30 bits per heavy atom. The third-order valence-electron chi connectivity index (χ3n) is 3.09. The minimum atomic E-state index is -5.39. The molecule has 1 aromatic carbocycles. The van der Waals surface area contributed by atoms with Gasteiger partial charge in [-0.1, -0.05) is 12.1 Å². The van der Waals surface area contributed by atoms with Crippen LogP contribution in [0.25, 0.3) is 0 Å². The summed E-state index contributed by atoms with van der Waals surface area (Å²) >= 11 is 0. The Balaban J connectivity index is 2.39. The number of alkyl halides is 3. The lowest BCUT2D eigenvalue weighted by molar-refractivity contribution is -0.0492. The highest BCUT2D eigenvalue weighted by Crippen LogP contribution is 2.31. The third kappa shape index (κ3) is 2.38. The molecule has 5 nitrogen and oxygen atoms in total. The summed E-state index contributed by atoms with van der Waals surface area (Å²) in [4.78, 5) is 11.0. The van der Waals surface area contributed by atoms with Gasteiger partial charge in [0.1, 0.15) is 0 Å². The van der Waals surface area contributed by atoms with E-state index in [9.17, 15) is 26.4 Å². The molecule has 0 aromatic heterocycles. The van der Waals surface area contributed by atoms with Gasteiger partial charge in [-0.15, -0.1) is 0 Å². The van der Waals surface area contributed by atoms with Crippen molar-refractivity contribution in [2.75, 3.05) is 6.54 Å². The van der Waals surface area contributed by atoms with E-state index < -0.39 is 28.0 Å². The van der Waals surface area contributed by atoms with Crippen molar-refractivity contribution in [3.05, 3.63) is 34.9 Å². The summed E-state index contributed by atoms with van der Waals surface area (Å²) in [6, 6.07) is 4.15. The van der Waals surface area contributed by atoms with Gasteiger partial charge in [0.05, 0.1) is 5.56 Å². The number of rotatable bonds is 2. The number of hydrogen-bond donors (Lipinski definition) is 1. The van der Waals surface area contributed by atoms with E-state index >= 15 is 0 Å². The molecule has 1 N–H and O–H groups in total. The molecule has 0 bridgehead atoms. The zero-order chi connectivity index (χ0) is 15.1. The van der Waals surface area contributed by atoms with Crippen molar-refractivity contribution in [1.82, 2.24) is 4.31 Å². The Labute approximate surface area is 112 Å². The molecule has 1 aliphatic rings. The lowest BCUT2D eigenvalue weighted by atomic mass is 9.95. The molecule has 0 saturated carbocycles. The highest BCUT2D eigenvalue weighted by atomic mass is 32.2. The van der Waals surface area contributed by atoms with Crippen LogP contribution in [0.2, 0.25) is 0 Å². The fourth-order valence-corrected chi connectivity index (χ4v) is 3.07. The first-order valence-electron chi connectivity index (χ1n) is 5.55. The standard InChI is InChI=1S/C11H10F3NO4S/c12-11(13,14)20(18,19)15-5-4-8-7(6-15)2-1-3-9(8)10(16)17/h1-3H,4-6H2,(H,16,17). The molecule has 20 heavy (non-hydrogen) atoms. The van der Waals surface area contributed by atoms with Crippen LogP contribution in [0, 0.1) is 0 Å². The van der Waals surface area contributed by atoms with Gasteiger partial charge in [0.2, 0.25) is 0 Å². The van der Waals surface area contributed by atoms with Gasteiger partial charge in [-0.05, 0) is 23.6 Å². The average Bonchev–Trinajstić information content (AvgIpc) is 2.35. The van der Waals surface area contributed by atoms with Gasteiger partial charge in [0.15, 0.2) is 0 Å². The van der Waals surface area contributed by atoms with Crippen LogP contribution in [0.5, 0.6) is 0 Å². The molecule has 1 heterocycles. The van der Waals surface area contributed by atoms with E-state index in [0.29, 0.717) is 9.87 Å². The molecule has 1 aliphatic heterocycles. The van der Waals surface area contributed by atoms with Crippen molar-refractivity contribution in [2.24, 2.45) is 0 Å². The van der Waals surface area contributed by atoms with E-state index in [4.69, 9.17) is 5.11 Å². The maximum atomic E-state index is 12.5. The maximum Gasteiger partial charge on any atom is 0.511 e. The Kier molecular flexibility index (Phi) is 3.51. The minimum Gasteiger partial charge on any atom is -0.478 e. The second-order valence-corrected chi connectivity index (χ2v) is 6.21. The molecule has 0 unspecified atom stereocenters. The van der Waals surface area contributed by atoms with Gasteiger partial charge in [0, 0.05) is 13.1 Å². The van der Waals surface area contributed by atoms with Gasteiger partial charge in [0.25, 0.3) is 0 Å². The van der Waals surface area contributed by atoms with Crippen LogP contribution < -0.4 is 0 Å². The van der Waals surface area contributed by atoms with Crippen LogP contribution in [0.3, 0.4) is 0 Å². The Morgan fingerprint density at radius 3 is 2.50 bits per heavy atom. The zero-order valence-corrected chi connectivity index (χ0v) is 10.8. The van der Waals surface area contributed by atoms with Crippen LogP contribution in [0.4, 0.5) is 13.2 Å². The summed E-state index contributed by atoms with van der Waals surface area (Å²) in [6.07, 6.45) is -0.0624. The molecular formula is C11H10F3NO4S. The molecular weight excluding hydrogens is 299 g/mol. The Morgan fingerprint density at radius 2 is 1.95 bits per heavy atom. The van der Waals surface area contributed by atoms with Gasteiger partial charge in [-0.3, -0.25) is 0 Å². The summed E-state index contributed by atoms with van der Waals surface area (Å²) in [6.45, 7) is -0.864. The molecule has 9 heteroatoms. The van der Waals surface area contributed by atoms with E-state index in [2.05, 4.69) is 0 Å². The van der Waals surface area contributed by atoms with Crippen LogP contribution in [0.1, 0.15) is 21.5 Å². The Bertz CT molecular complexity index is 654. The summed E-state index contributed by atoms with van der Waals surface area (Å²) in [7, 11) is -5.39. The van der Waals surface area contributed by atoms with Crippen molar-refractivity contribution < 1.29 is 31.5 Å². The van der Waals surface area contributed by atoms with Gasteiger partial charge >= 0.3 is 21.5 Å². The zero-order valence-electron chi connectivity index (χ0n) is 10.0. The van der Waals surface area contributed by atoms with Crippen LogP contribution in [-0.4, -0.2) is 35.9 Å². The molecule has 0 aliphatic carbocycles. The number of aromatic carboxylic acids is 1. The summed E-state index contributed by atoms with van der Waals surface area (Å²) in [5.41, 5.74) is -4.70. The van der Waals surface area contributed by atoms with E-state index in [1.54, 1.807) is 0 Å². The second-order valence-electron chi connectivity index (χ2n) is 4.28. The van der Waals surface area contributed by atoms with Gasteiger partial charge in [-0.2, -0.15) is 17.5 Å². The number of carbonyl (C=O) groups is 1. The van der Waals surface area contributed by atoms with Crippen molar-refractivity contribution in [1.29, 1.82) is 0 Å². The number of hydrogen-bond acceptors (Lipinski definition) is 3. The Hall–Kier alpha value is -1.61. The fourth-order valence-electron chi connectivity index (χ4n) is 2.14. The first-order valence-corrected chi connectivity index (χ1v) is 6.99. The normalized spacial score (nSPS) is 16.8. The lowest BCUT2D eigenvalue weighted by Crippen LogP contribution is -2.43. The fraction of sp³-hybridized carbons (Fsp3) is 0.364. The van der Waals surface area contributed by atoms with E-state index in [1.165, 1.54) is 18.2 Å². The second kappa shape index (κ2) is 4.74. The number of nitrogens with zero attached hydrogens (tertiary/aromatic N) is 1. The number of sulfonamides is 1. The SMILES string of the molecule is O=C(O)c1cccc2c1CCN(S(=O)(=O)C(F)(F)F)C2. The van der Waals surface area contributed by atoms with Crippen molar-refractivity contribution in [3.63, 3.8) is 0 Å². The number of benzene rings is 1. The van der Waals surface area contributed by atoms with Crippen molar-refractivity contribution >= 4 is 16.0 Å². The van der Waals surface area contributed by atoms with Crippen LogP contribution in [0.15, 0.2) is 18.2 Å². The van der Waals surface area contributed by atoms with Crippen LogP contribution >= 0.6 is 0 Å². The lowest BCUT2D eigenvalue weighted by Gasteiger charge is -2.29. The number of fused-ring (bicyclic) bond motifs is 1. The molecule has 0 radical (unpaired) electrons. The maximum absolute atomic E-state index is 12.5. The van der Waals surface area contributed by atoms with E-state index in [0.717, 1.165) is 0 Å². The van der Waals surface area contributed by atoms with E-state index in [1.807, 2.05) is 0 Å². The molecule has 0 spiro atoms. The third-order valence-corrected chi connectivity index (χ3v) is 4.67. The van der Waals surface area contributed by atoms with Gasteiger partial charge < -0.3 is 5.11 Å². The minimum absolute atomic E-state index is 0.00782. The average molecular weight is 309 g/mol. The van der Waals surface area contributed by atoms with Gasteiger partial charge in [-0.25, -0.2) is 13.2 Å². The smallest absolute Gasteiger partial charge is 0.478 e. The van der Waals surface area contributed by atoms with Crippen molar-refractivity contribution in [2.45, 2.75) is 18.5 Å². The molecule has 110 valence electrons. The first kappa shape index (κ1) is 14.8. The molecule has 0 saturated heterocycles. The van der Waals surface area contributed by atoms with Crippen LogP contribution in [-0.2, 0) is 23.0 Å². The quantitative estimate of drug-likeness (QED) is 0.900. The molecule has 0 fully saturated rings. The molecule has 2 rings (SSSR count). The first-order chi connectivity index (χ1) is 9.14. The number of carboxylic acids is 1. The summed E-state index contributed by atoms with van der Waals surface area (Å²) < 4.78 is 60.4. The summed E-state index contributed by atoms with van der Waals surface area (Å²) in [5, 5.41) is 8.98. The predicted molar refractivity (Wildman–Crippen MR) is 62.5 cm³/mol. The molecule has 0 atom stereocenters. The molecule has 0 amide bonds. The number of carboxylic acid groups (broad SMARTS) is 1. The summed E-state index contributed by atoms with van der Waals surface area (Å²) in [5.74, 6) is -1.19. The monoisotopic (exact) mass is 309 g/mol.